The summed E-state index contributed by atoms with van der Waals surface area (Å²) in [6.45, 7) is 1.23. The number of anilines is 1. The van der Waals surface area contributed by atoms with Crippen molar-refractivity contribution in [3.05, 3.63) is 65.4 Å². The lowest BCUT2D eigenvalue weighted by Gasteiger charge is -2.16. The second kappa shape index (κ2) is 8.31. The maximum atomic E-state index is 12.2. The number of benzene rings is 1. The van der Waals surface area contributed by atoms with Gasteiger partial charge in [0.1, 0.15) is 5.01 Å². The molecule has 1 N–H and O–H groups in total. The van der Waals surface area contributed by atoms with E-state index in [9.17, 15) is 9.59 Å². The molecular formula is C21H20N4O2S. The van der Waals surface area contributed by atoms with Gasteiger partial charge in [0.25, 0.3) is 0 Å². The summed E-state index contributed by atoms with van der Waals surface area (Å²) in [6, 6.07) is 11.6. The zero-order valence-corrected chi connectivity index (χ0v) is 16.1. The molecule has 0 unspecified atom stereocenters. The monoisotopic (exact) mass is 392 g/mol. The third-order valence-electron chi connectivity index (χ3n) is 4.61. The Hall–Kier alpha value is -3.06. The lowest BCUT2D eigenvalue weighted by atomic mass is 10.2. The van der Waals surface area contributed by atoms with Crippen LogP contribution in [0.25, 0.3) is 10.6 Å². The SMILES string of the molecule is O=C(Cc1csc(-c2cccnc2)n1)NCc1ccc(N2CCCC2=O)cc1. The molecule has 28 heavy (non-hydrogen) atoms. The van der Waals surface area contributed by atoms with E-state index in [4.69, 9.17) is 0 Å². The van der Waals surface area contributed by atoms with E-state index in [0.29, 0.717) is 13.0 Å². The van der Waals surface area contributed by atoms with Gasteiger partial charge in [0.2, 0.25) is 11.8 Å². The Bertz CT molecular complexity index is 970. The molecule has 1 fully saturated rings. The summed E-state index contributed by atoms with van der Waals surface area (Å²) < 4.78 is 0. The molecule has 2 aromatic heterocycles. The normalized spacial score (nSPS) is 13.7. The molecule has 1 saturated heterocycles. The van der Waals surface area contributed by atoms with Gasteiger partial charge in [0.15, 0.2) is 0 Å². The maximum absolute atomic E-state index is 12.2. The predicted octanol–water partition coefficient (Wildman–Crippen LogP) is 3.19. The van der Waals surface area contributed by atoms with Gasteiger partial charge in [-0.2, -0.15) is 0 Å². The molecule has 0 aliphatic carbocycles. The average Bonchev–Trinajstić information content (AvgIpc) is 3.36. The number of nitrogens with one attached hydrogen (secondary N) is 1. The highest BCUT2D eigenvalue weighted by Gasteiger charge is 2.21. The fourth-order valence-corrected chi connectivity index (χ4v) is 3.96. The number of hydrogen-bond donors (Lipinski definition) is 1. The second-order valence-corrected chi connectivity index (χ2v) is 7.51. The zero-order chi connectivity index (χ0) is 19.3. The van der Waals surface area contributed by atoms with Crippen LogP contribution in [0.15, 0.2) is 54.2 Å². The van der Waals surface area contributed by atoms with Gasteiger partial charge in [-0.05, 0) is 36.2 Å². The second-order valence-electron chi connectivity index (χ2n) is 6.65. The van der Waals surface area contributed by atoms with Gasteiger partial charge in [0, 0.05) is 48.5 Å². The fourth-order valence-electron chi connectivity index (χ4n) is 3.15. The lowest BCUT2D eigenvalue weighted by Crippen LogP contribution is -2.25. The first-order valence-corrected chi connectivity index (χ1v) is 10.1. The molecule has 0 bridgehead atoms. The molecular weight excluding hydrogens is 372 g/mol. The van der Waals surface area contributed by atoms with Gasteiger partial charge in [-0.15, -0.1) is 11.3 Å². The zero-order valence-electron chi connectivity index (χ0n) is 15.3. The van der Waals surface area contributed by atoms with Crippen molar-refractivity contribution in [1.29, 1.82) is 0 Å². The summed E-state index contributed by atoms with van der Waals surface area (Å²) in [5.41, 5.74) is 3.63. The van der Waals surface area contributed by atoms with Crippen molar-refractivity contribution in [2.75, 3.05) is 11.4 Å². The Morgan fingerprint density at radius 3 is 2.79 bits per heavy atom. The van der Waals surface area contributed by atoms with E-state index in [-0.39, 0.29) is 18.2 Å². The van der Waals surface area contributed by atoms with Crippen LogP contribution >= 0.6 is 11.3 Å². The summed E-state index contributed by atoms with van der Waals surface area (Å²) in [6.07, 6.45) is 5.27. The first-order chi connectivity index (χ1) is 13.7. The fraction of sp³-hybridized carbons (Fsp3) is 0.238. The number of carbonyl (C=O) groups is 2. The molecule has 1 aliphatic rings. The Labute approximate surface area is 167 Å². The minimum Gasteiger partial charge on any atom is -0.352 e. The van der Waals surface area contributed by atoms with Crippen LogP contribution < -0.4 is 10.2 Å². The van der Waals surface area contributed by atoms with Crippen LogP contribution in [0.1, 0.15) is 24.1 Å². The molecule has 3 heterocycles. The first kappa shape index (κ1) is 18.3. The molecule has 0 saturated carbocycles. The molecule has 3 aromatic rings. The van der Waals surface area contributed by atoms with Crippen LogP contribution in [-0.4, -0.2) is 28.3 Å². The largest absolute Gasteiger partial charge is 0.352 e. The number of pyridine rings is 1. The number of rotatable bonds is 6. The van der Waals surface area contributed by atoms with Gasteiger partial charge < -0.3 is 10.2 Å². The van der Waals surface area contributed by atoms with Crippen LogP contribution in [0.2, 0.25) is 0 Å². The minimum absolute atomic E-state index is 0.0677. The van der Waals surface area contributed by atoms with Crippen molar-refractivity contribution in [2.24, 2.45) is 0 Å². The van der Waals surface area contributed by atoms with Crippen LogP contribution in [0.3, 0.4) is 0 Å². The number of aromatic nitrogens is 2. The summed E-state index contributed by atoms with van der Waals surface area (Å²) in [5.74, 6) is 0.108. The topological polar surface area (TPSA) is 75.2 Å². The summed E-state index contributed by atoms with van der Waals surface area (Å²) in [7, 11) is 0. The van der Waals surface area contributed by atoms with Gasteiger partial charge in [-0.1, -0.05) is 12.1 Å². The Morgan fingerprint density at radius 2 is 2.07 bits per heavy atom. The first-order valence-electron chi connectivity index (χ1n) is 9.20. The van der Waals surface area contributed by atoms with E-state index in [0.717, 1.165) is 40.5 Å². The Morgan fingerprint density at radius 1 is 1.21 bits per heavy atom. The molecule has 0 atom stereocenters. The summed E-state index contributed by atoms with van der Waals surface area (Å²) >= 11 is 1.51. The Kier molecular flexibility index (Phi) is 5.43. The highest BCUT2D eigenvalue weighted by molar-refractivity contribution is 7.13. The van der Waals surface area contributed by atoms with E-state index in [1.165, 1.54) is 11.3 Å². The van der Waals surface area contributed by atoms with Crippen LogP contribution in [0.5, 0.6) is 0 Å². The van der Waals surface area contributed by atoms with Crippen molar-refractivity contribution in [2.45, 2.75) is 25.8 Å². The smallest absolute Gasteiger partial charge is 0.227 e. The van der Waals surface area contributed by atoms with Crippen molar-refractivity contribution >= 4 is 28.8 Å². The number of amides is 2. The minimum atomic E-state index is -0.0677. The molecule has 142 valence electrons. The van der Waals surface area contributed by atoms with Crippen LogP contribution in [0, 0.1) is 0 Å². The third-order valence-corrected chi connectivity index (χ3v) is 5.55. The van der Waals surface area contributed by atoms with Crippen molar-refractivity contribution in [1.82, 2.24) is 15.3 Å². The lowest BCUT2D eigenvalue weighted by molar-refractivity contribution is -0.120. The Balaban J connectivity index is 1.30. The molecule has 6 nitrogen and oxygen atoms in total. The number of nitrogens with zero attached hydrogens (tertiary/aromatic N) is 3. The van der Waals surface area contributed by atoms with Crippen molar-refractivity contribution < 1.29 is 9.59 Å². The van der Waals surface area contributed by atoms with Crippen LogP contribution in [0.4, 0.5) is 5.69 Å². The standard InChI is InChI=1S/C21H20N4O2S/c26-19(11-17-14-28-21(24-17)16-3-1-9-22-13-16)23-12-15-5-7-18(8-6-15)25-10-2-4-20(25)27/h1,3,5-9,13-14H,2,4,10-12H2,(H,23,26). The van der Waals surface area contributed by atoms with E-state index >= 15 is 0 Å². The molecule has 4 rings (SSSR count). The molecule has 0 spiro atoms. The molecule has 1 aliphatic heterocycles. The van der Waals surface area contributed by atoms with Crippen molar-refractivity contribution in [3.63, 3.8) is 0 Å². The van der Waals surface area contributed by atoms with Gasteiger partial charge in [0.05, 0.1) is 12.1 Å². The van der Waals surface area contributed by atoms with E-state index in [2.05, 4.69) is 15.3 Å². The quantitative estimate of drug-likeness (QED) is 0.699. The molecule has 0 radical (unpaired) electrons. The molecule has 2 amide bonds. The van der Waals surface area contributed by atoms with E-state index in [1.807, 2.05) is 46.7 Å². The average molecular weight is 392 g/mol. The summed E-state index contributed by atoms with van der Waals surface area (Å²) in [5, 5.41) is 5.70. The highest BCUT2D eigenvalue weighted by atomic mass is 32.1. The van der Waals surface area contributed by atoms with E-state index < -0.39 is 0 Å². The van der Waals surface area contributed by atoms with Crippen molar-refractivity contribution in [3.8, 4) is 10.6 Å². The number of thiazole rings is 1. The number of carbonyl (C=O) groups excluding carboxylic acids is 2. The number of hydrogen-bond acceptors (Lipinski definition) is 5. The maximum Gasteiger partial charge on any atom is 0.227 e. The van der Waals surface area contributed by atoms with Crippen LogP contribution in [-0.2, 0) is 22.6 Å². The van der Waals surface area contributed by atoms with Gasteiger partial charge in [-0.25, -0.2) is 4.98 Å². The molecule has 1 aromatic carbocycles. The van der Waals surface area contributed by atoms with Gasteiger partial charge in [-0.3, -0.25) is 14.6 Å². The predicted molar refractivity (Wildman–Crippen MR) is 109 cm³/mol. The highest BCUT2D eigenvalue weighted by Crippen LogP contribution is 2.23. The van der Waals surface area contributed by atoms with E-state index in [1.54, 1.807) is 12.4 Å². The third kappa shape index (κ3) is 4.26. The molecule has 7 heteroatoms. The summed E-state index contributed by atoms with van der Waals surface area (Å²) in [4.78, 5) is 34.5. The van der Waals surface area contributed by atoms with Gasteiger partial charge >= 0.3 is 0 Å².